The lowest BCUT2D eigenvalue weighted by Gasteiger charge is -2.17. The summed E-state index contributed by atoms with van der Waals surface area (Å²) in [6.45, 7) is 8.82. The predicted octanol–water partition coefficient (Wildman–Crippen LogP) is 1.37. The minimum absolute atomic E-state index is 0.607. The first-order valence-corrected chi connectivity index (χ1v) is 7.01. The molecule has 5 heteroatoms. The Balaban J connectivity index is 2.00. The minimum Gasteiger partial charge on any atom is -0.384 e. The van der Waals surface area contributed by atoms with Crippen LogP contribution in [0.25, 0.3) is 0 Å². The zero-order chi connectivity index (χ0) is 13.7. The molecular weight excluding hydrogens is 240 g/mol. The second-order valence-corrected chi connectivity index (χ2v) is 5.12. The molecule has 1 N–H and O–H groups in total. The highest BCUT2D eigenvalue weighted by Crippen LogP contribution is 2.21. The summed E-state index contributed by atoms with van der Waals surface area (Å²) in [5.74, 6) is 1.46. The van der Waals surface area contributed by atoms with E-state index in [0.717, 1.165) is 50.8 Å². The molecule has 2 heterocycles. The first-order valence-electron chi connectivity index (χ1n) is 7.01. The van der Waals surface area contributed by atoms with Crippen molar-refractivity contribution in [1.29, 1.82) is 0 Å². The maximum Gasteiger partial charge on any atom is 0.225 e. The fourth-order valence-electron chi connectivity index (χ4n) is 2.45. The van der Waals surface area contributed by atoms with Crippen molar-refractivity contribution in [3.63, 3.8) is 0 Å². The molecule has 2 rings (SSSR count). The topological polar surface area (TPSA) is 50.3 Å². The molecule has 1 fully saturated rings. The summed E-state index contributed by atoms with van der Waals surface area (Å²) in [7, 11) is 1.76. The third-order valence-electron chi connectivity index (χ3n) is 3.60. The molecule has 0 aromatic carbocycles. The lowest BCUT2D eigenvalue weighted by atomic mass is 10.1. The molecule has 1 saturated heterocycles. The predicted molar refractivity (Wildman–Crippen MR) is 76.3 cm³/mol. The van der Waals surface area contributed by atoms with Gasteiger partial charge in [0, 0.05) is 50.1 Å². The number of methoxy groups -OCH3 is 1. The van der Waals surface area contributed by atoms with Gasteiger partial charge in [0.2, 0.25) is 5.95 Å². The molecule has 19 heavy (non-hydrogen) atoms. The highest BCUT2D eigenvalue weighted by atomic mass is 16.5. The molecule has 0 aliphatic carbocycles. The van der Waals surface area contributed by atoms with Crippen molar-refractivity contribution in [2.45, 2.75) is 26.8 Å². The maximum atomic E-state index is 5.22. The van der Waals surface area contributed by atoms with Crippen LogP contribution in [0.15, 0.2) is 6.20 Å². The highest BCUT2D eigenvalue weighted by molar-refractivity contribution is 5.34. The highest BCUT2D eigenvalue weighted by Gasteiger charge is 2.24. The Kier molecular flexibility index (Phi) is 5.10. The average molecular weight is 264 g/mol. The van der Waals surface area contributed by atoms with E-state index in [4.69, 9.17) is 4.74 Å². The van der Waals surface area contributed by atoms with E-state index < -0.39 is 0 Å². The van der Waals surface area contributed by atoms with Crippen LogP contribution >= 0.6 is 0 Å². The monoisotopic (exact) mass is 264 g/mol. The van der Waals surface area contributed by atoms with Crippen LogP contribution in [0.3, 0.4) is 0 Å². The number of nitrogens with one attached hydrogen (secondary N) is 1. The van der Waals surface area contributed by atoms with Crippen molar-refractivity contribution in [1.82, 2.24) is 15.3 Å². The fraction of sp³-hybridized carbons (Fsp3) is 0.714. The van der Waals surface area contributed by atoms with Gasteiger partial charge in [-0.3, -0.25) is 0 Å². The van der Waals surface area contributed by atoms with Gasteiger partial charge in [-0.1, -0.05) is 6.92 Å². The molecule has 1 aromatic rings. The van der Waals surface area contributed by atoms with Crippen LogP contribution in [0, 0.1) is 12.8 Å². The van der Waals surface area contributed by atoms with Crippen molar-refractivity contribution in [2.75, 3.05) is 38.3 Å². The number of hydrogen-bond donors (Lipinski definition) is 1. The smallest absolute Gasteiger partial charge is 0.225 e. The van der Waals surface area contributed by atoms with Crippen molar-refractivity contribution in [3.05, 3.63) is 17.5 Å². The number of aryl methyl sites for hydroxylation is 1. The number of anilines is 1. The van der Waals surface area contributed by atoms with Gasteiger partial charge in [0.1, 0.15) is 0 Å². The Labute approximate surface area is 115 Å². The zero-order valence-electron chi connectivity index (χ0n) is 12.1. The summed E-state index contributed by atoms with van der Waals surface area (Å²) in [6, 6.07) is 0. The zero-order valence-corrected chi connectivity index (χ0v) is 12.1. The van der Waals surface area contributed by atoms with E-state index in [1.54, 1.807) is 7.11 Å². The van der Waals surface area contributed by atoms with Gasteiger partial charge in [0.05, 0.1) is 6.61 Å². The molecule has 1 unspecified atom stereocenters. The molecule has 1 aliphatic heterocycles. The van der Waals surface area contributed by atoms with Gasteiger partial charge in [-0.2, -0.15) is 0 Å². The summed E-state index contributed by atoms with van der Waals surface area (Å²) in [5.41, 5.74) is 2.25. The van der Waals surface area contributed by atoms with E-state index in [1.165, 1.54) is 5.56 Å². The lowest BCUT2D eigenvalue weighted by molar-refractivity contribution is 0.161. The number of ether oxygens (including phenoxy) is 1. The van der Waals surface area contributed by atoms with Crippen molar-refractivity contribution >= 4 is 5.95 Å². The van der Waals surface area contributed by atoms with Crippen LogP contribution in [-0.2, 0) is 11.3 Å². The van der Waals surface area contributed by atoms with E-state index in [2.05, 4.69) is 34.0 Å². The molecule has 1 aliphatic rings. The Hall–Kier alpha value is -1.20. The molecule has 0 bridgehead atoms. The van der Waals surface area contributed by atoms with Gasteiger partial charge < -0.3 is 15.0 Å². The Morgan fingerprint density at radius 3 is 3.05 bits per heavy atom. The van der Waals surface area contributed by atoms with Crippen molar-refractivity contribution in [3.8, 4) is 0 Å². The summed E-state index contributed by atoms with van der Waals surface area (Å²) in [6.07, 6.45) is 3.11. The summed E-state index contributed by atoms with van der Waals surface area (Å²) in [4.78, 5) is 11.4. The lowest BCUT2D eigenvalue weighted by Crippen LogP contribution is -2.24. The van der Waals surface area contributed by atoms with Gasteiger partial charge in [-0.25, -0.2) is 9.97 Å². The van der Waals surface area contributed by atoms with Gasteiger partial charge in [-0.05, 0) is 19.9 Å². The summed E-state index contributed by atoms with van der Waals surface area (Å²) in [5, 5.41) is 3.31. The van der Waals surface area contributed by atoms with Crippen LogP contribution in [0.1, 0.15) is 24.6 Å². The number of nitrogens with zero attached hydrogens (tertiary/aromatic N) is 3. The number of aromatic nitrogens is 2. The average Bonchev–Trinajstić information content (AvgIpc) is 2.86. The van der Waals surface area contributed by atoms with Crippen molar-refractivity contribution < 1.29 is 4.74 Å². The molecular formula is C14H24N4O. The fourth-order valence-corrected chi connectivity index (χ4v) is 2.45. The van der Waals surface area contributed by atoms with Gasteiger partial charge in [0.15, 0.2) is 0 Å². The van der Waals surface area contributed by atoms with Crippen LogP contribution in [0.4, 0.5) is 5.95 Å². The van der Waals surface area contributed by atoms with Gasteiger partial charge >= 0.3 is 0 Å². The summed E-state index contributed by atoms with van der Waals surface area (Å²) < 4.78 is 5.22. The normalized spacial score (nSPS) is 19.1. The van der Waals surface area contributed by atoms with Crippen LogP contribution < -0.4 is 10.2 Å². The third kappa shape index (κ3) is 3.64. The van der Waals surface area contributed by atoms with Crippen LogP contribution in [-0.4, -0.2) is 43.3 Å². The van der Waals surface area contributed by atoms with Gasteiger partial charge in [0.25, 0.3) is 0 Å². The summed E-state index contributed by atoms with van der Waals surface area (Å²) >= 11 is 0. The van der Waals surface area contributed by atoms with Gasteiger partial charge in [-0.15, -0.1) is 0 Å². The second kappa shape index (κ2) is 6.82. The molecule has 0 saturated carbocycles. The van der Waals surface area contributed by atoms with E-state index in [-0.39, 0.29) is 0 Å². The largest absolute Gasteiger partial charge is 0.384 e. The number of rotatable bonds is 6. The molecule has 0 amide bonds. The van der Waals surface area contributed by atoms with E-state index in [1.807, 2.05) is 6.20 Å². The van der Waals surface area contributed by atoms with Crippen molar-refractivity contribution in [2.24, 2.45) is 5.92 Å². The number of hydrogen-bond acceptors (Lipinski definition) is 5. The minimum atomic E-state index is 0.607. The molecule has 1 aromatic heterocycles. The SMILES string of the molecule is CCNCc1cnc(N2CCC(COC)C2)nc1C. The Morgan fingerprint density at radius 1 is 1.53 bits per heavy atom. The third-order valence-corrected chi connectivity index (χ3v) is 3.60. The maximum absolute atomic E-state index is 5.22. The molecule has 1 atom stereocenters. The molecule has 5 nitrogen and oxygen atoms in total. The van der Waals surface area contributed by atoms with E-state index >= 15 is 0 Å². The second-order valence-electron chi connectivity index (χ2n) is 5.12. The Morgan fingerprint density at radius 2 is 2.37 bits per heavy atom. The Bertz CT molecular complexity index is 410. The van der Waals surface area contributed by atoms with Crippen LogP contribution in [0.2, 0.25) is 0 Å². The van der Waals surface area contributed by atoms with E-state index in [9.17, 15) is 0 Å². The van der Waals surface area contributed by atoms with E-state index in [0.29, 0.717) is 5.92 Å². The quantitative estimate of drug-likeness (QED) is 0.841. The standard InChI is InChI=1S/C14H24N4O/c1-4-15-7-13-8-16-14(17-11(13)2)18-6-5-12(9-18)10-19-3/h8,12,15H,4-7,9-10H2,1-3H3. The first kappa shape index (κ1) is 14.2. The molecule has 0 spiro atoms. The van der Waals surface area contributed by atoms with Crippen LogP contribution in [0.5, 0.6) is 0 Å². The molecule has 106 valence electrons. The first-order chi connectivity index (χ1) is 9.24. The molecule has 0 radical (unpaired) electrons.